The minimum Gasteiger partial charge on any atom is -0.267 e. The van der Waals surface area contributed by atoms with Gasteiger partial charge in [-0.1, -0.05) is 34.8 Å². The Bertz CT molecular complexity index is 491. The van der Waals surface area contributed by atoms with Crippen LogP contribution in [0.15, 0.2) is 21.8 Å². The van der Waals surface area contributed by atoms with Crippen LogP contribution in [0.5, 0.6) is 0 Å². The van der Waals surface area contributed by atoms with Gasteiger partial charge in [0.25, 0.3) is 0 Å². The largest absolute Gasteiger partial charge is 0.396 e. The fourth-order valence-electron chi connectivity index (χ4n) is 0.723. The summed E-state index contributed by atoms with van der Waals surface area (Å²) in [5.41, 5.74) is -0.0830. The van der Waals surface area contributed by atoms with Crippen molar-refractivity contribution >= 4 is 50.8 Å². The first kappa shape index (κ1) is 12.7. The van der Waals surface area contributed by atoms with Crippen LogP contribution in [0, 0.1) is 0 Å². The molecule has 1 N–H and O–H groups in total. The summed E-state index contributed by atoms with van der Waals surface area (Å²) in [5.74, 6) is 0. The van der Waals surface area contributed by atoms with E-state index in [2.05, 4.69) is 9.63 Å². The first-order chi connectivity index (χ1) is 6.79. The molecule has 0 atom stereocenters. The third-order valence-electron chi connectivity index (χ3n) is 1.23. The van der Waals surface area contributed by atoms with Crippen LogP contribution in [0.2, 0.25) is 15.1 Å². The summed E-state index contributed by atoms with van der Waals surface area (Å²) in [6, 6.07) is 2.63. The van der Waals surface area contributed by atoms with Crippen molar-refractivity contribution in [3.63, 3.8) is 0 Å². The lowest BCUT2D eigenvalue weighted by Crippen LogP contribution is -1.88. The van der Waals surface area contributed by atoms with Gasteiger partial charge in [-0.25, -0.2) is 0 Å². The highest BCUT2D eigenvalue weighted by Gasteiger charge is 2.08. The SMILES string of the molecule is O=S(=O)(O)N=Nc1c(Cl)cc(Cl)cc1Cl. The van der Waals surface area contributed by atoms with Gasteiger partial charge >= 0.3 is 10.3 Å². The Balaban J connectivity index is 3.22. The van der Waals surface area contributed by atoms with Gasteiger partial charge in [-0.15, -0.1) is 5.11 Å². The lowest BCUT2D eigenvalue weighted by molar-refractivity contribution is 0.482. The minimum absolute atomic E-state index is 0.0277. The third-order valence-corrected chi connectivity index (χ3v) is 2.31. The van der Waals surface area contributed by atoms with E-state index < -0.39 is 10.3 Å². The highest BCUT2D eigenvalue weighted by Crippen LogP contribution is 2.36. The van der Waals surface area contributed by atoms with Gasteiger partial charge in [0, 0.05) is 5.02 Å². The average Bonchev–Trinajstić information content (AvgIpc) is 1.99. The maximum Gasteiger partial charge on any atom is 0.396 e. The molecule has 0 fully saturated rings. The second-order valence-electron chi connectivity index (χ2n) is 2.35. The van der Waals surface area contributed by atoms with E-state index in [0.717, 1.165) is 0 Å². The van der Waals surface area contributed by atoms with E-state index in [4.69, 9.17) is 39.4 Å². The van der Waals surface area contributed by atoms with E-state index in [9.17, 15) is 8.42 Å². The summed E-state index contributed by atoms with van der Waals surface area (Å²) < 4.78 is 31.5. The molecule has 0 unspecified atom stereocenters. The molecule has 0 aliphatic heterocycles. The van der Waals surface area contributed by atoms with Crippen molar-refractivity contribution in [2.24, 2.45) is 9.63 Å². The van der Waals surface area contributed by atoms with E-state index in [1.54, 1.807) is 0 Å². The molecule has 1 aromatic rings. The number of hydrogen-bond acceptors (Lipinski definition) is 3. The number of halogens is 3. The van der Waals surface area contributed by atoms with Crippen LogP contribution in [-0.2, 0) is 10.3 Å². The monoisotopic (exact) mass is 288 g/mol. The first-order valence-corrected chi connectivity index (χ1v) is 5.87. The minimum atomic E-state index is -4.56. The second-order valence-corrected chi connectivity index (χ2v) is 4.66. The molecular formula is C6H3Cl3N2O3S. The van der Waals surface area contributed by atoms with Crippen molar-refractivity contribution in [1.29, 1.82) is 0 Å². The fourth-order valence-corrected chi connectivity index (χ4v) is 1.80. The van der Waals surface area contributed by atoms with Crippen LogP contribution in [0.3, 0.4) is 0 Å². The van der Waals surface area contributed by atoms with Gasteiger partial charge in [0.05, 0.1) is 10.0 Å². The lowest BCUT2D eigenvalue weighted by atomic mass is 10.3. The second kappa shape index (κ2) is 4.63. The normalized spacial score (nSPS) is 12.3. The zero-order valence-electron chi connectivity index (χ0n) is 6.85. The third kappa shape index (κ3) is 3.92. The molecule has 0 amide bonds. The van der Waals surface area contributed by atoms with Crippen LogP contribution < -0.4 is 0 Å². The Morgan fingerprint density at radius 2 is 1.60 bits per heavy atom. The number of rotatable bonds is 2. The van der Waals surface area contributed by atoms with Crippen LogP contribution in [0.1, 0.15) is 0 Å². The lowest BCUT2D eigenvalue weighted by Gasteiger charge is -1.99. The zero-order chi connectivity index (χ0) is 11.6. The predicted octanol–water partition coefficient (Wildman–Crippen LogP) is 3.53. The molecule has 1 aromatic carbocycles. The van der Waals surface area contributed by atoms with Gasteiger partial charge in [0.2, 0.25) is 0 Å². The van der Waals surface area contributed by atoms with Gasteiger partial charge in [0.1, 0.15) is 5.69 Å². The van der Waals surface area contributed by atoms with Crippen LogP contribution in [-0.4, -0.2) is 13.0 Å². The van der Waals surface area contributed by atoms with Crippen molar-refractivity contribution in [3.8, 4) is 0 Å². The standard InChI is InChI=1S/C6H3Cl3N2O3S/c7-3-1-4(8)6(5(9)2-3)10-11-15(12,13)14/h1-2H,(H,12,13,14). The molecule has 0 spiro atoms. The summed E-state index contributed by atoms with van der Waals surface area (Å²) >= 11 is 16.9. The Kier molecular flexibility index (Phi) is 3.91. The van der Waals surface area contributed by atoms with E-state index in [1.807, 2.05) is 0 Å². The Morgan fingerprint density at radius 3 is 2.00 bits per heavy atom. The average molecular weight is 290 g/mol. The van der Waals surface area contributed by atoms with Crippen molar-refractivity contribution in [1.82, 2.24) is 0 Å². The van der Waals surface area contributed by atoms with Crippen LogP contribution in [0.25, 0.3) is 0 Å². The Labute approximate surface area is 101 Å². The summed E-state index contributed by atoms with van der Waals surface area (Å²) in [6.07, 6.45) is 0. The van der Waals surface area contributed by atoms with Crippen molar-refractivity contribution in [2.45, 2.75) is 0 Å². The summed E-state index contributed by atoms with van der Waals surface area (Å²) in [5, 5.41) is 3.51. The van der Waals surface area contributed by atoms with E-state index in [0.29, 0.717) is 0 Å². The Hall–Kier alpha value is -0.400. The summed E-state index contributed by atoms with van der Waals surface area (Å²) in [7, 11) is -4.56. The van der Waals surface area contributed by atoms with Crippen LogP contribution >= 0.6 is 34.8 Å². The van der Waals surface area contributed by atoms with Gasteiger partial charge in [-0.2, -0.15) is 8.42 Å². The highest BCUT2D eigenvalue weighted by atomic mass is 35.5. The topological polar surface area (TPSA) is 79.1 Å². The molecule has 0 saturated heterocycles. The van der Waals surface area contributed by atoms with Crippen molar-refractivity contribution in [2.75, 3.05) is 0 Å². The summed E-state index contributed by atoms with van der Waals surface area (Å²) in [4.78, 5) is 0. The van der Waals surface area contributed by atoms with Gasteiger partial charge < -0.3 is 0 Å². The molecule has 5 nitrogen and oxygen atoms in total. The zero-order valence-corrected chi connectivity index (χ0v) is 9.94. The molecule has 0 aliphatic rings. The number of benzene rings is 1. The van der Waals surface area contributed by atoms with Gasteiger partial charge in [0.15, 0.2) is 0 Å². The molecule has 0 radical (unpaired) electrons. The maximum atomic E-state index is 10.3. The molecule has 0 saturated carbocycles. The fraction of sp³-hybridized carbons (Fsp3) is 0. The smallest absolute Gasteiger partial charge is 0.267 e. The van der Waals surface area contributed by atoms with E-state index in [-0.39, 0.29) is 20.8 Å². The number of nitrogens with zero attached hydrogens (tertiary/aromatic N) is 2. The molecule has 1 rings (SSSR count). The first-order valence-electron chi connectivity index (χ1n) is 3.34. The molecule has 0 aromatic heterocycles. The van der Waals surface area contributed by atoms with Gasteiger partial charge in [-0.3, -0.25) is 4.55 Å². The molecule has 82 valence electrons. The molecule has 0 bridgehead atoms. The quantitative estimate of drug-likeness (QED) is 0.668. The van der Waals surface area contributed by atoms with Gasteiger partial charge in [-0.05, 0) is 16.7 Å². The molecule has 0 aliphatic carbocycles. The van der Waals surface area contributed by atoms with E-state index in [1.165, 1.54) is 12.1 Å². The van der Waals surface area contributed by atoms with Crippen molar-refractivity contribution < 1.29 is 13.0 Å². The Morgan fingerprint density at radius 1 is 1.13 bits per heavy atom. The molecule has 0 heterocycles. The summed E-state index contributed by atoms with van der Waals surface area (Å²) in [6.45, 7) is 0. The molecular weight excluding hydrogens is 287 g/mol. The molecule has 15 heavy (non-hydrogen) atoms. The highest BCUT2D eigenvalue weighted by molar-refractivity contribution is 7.84. The molecule has 9 heteroatoms. The maximum absolute atomic E-state index is 10.3. The van der Waals surface area contributed by atoms with Crippen LogP contribution in [0.4, 0.5) is 5.69 Å². The predicted molar refractivity (Wildman–Crippen MR) is 57.5 cm³/mol. The number of hydrogen-bond donors (Lipinski definition) is 1. The van der Waals surface area contributed by atoms with E-state index >= 15 is 0 Å². The van der Waals surface area contributed by atoms with Crippen molar-refractivity contribution in [3.05, 3.63) is 27.2 Å².